The lowest BCUT2D eigenvalue weighted by Gasteiger charge is -2.14. The van der Waals surface area contributed by atoms with E-state index in [2.05, 4.69) is 64.6 Å². The predicted octanol–water partition coefficient (Wildman–Crippen LogP) is 4.54. The molecule has 126 valence electrons. The smallest absolute Gasteiger partial charge is 0.201 e. The quantitative estimate of drug-likeness (QED) is 0.577. The molecule has 0 aliphatic heterocycles. The number of aromatic nitrogens is 4. The predicted molar refractivity (Wildman–Crippen MR) is 101 cm³/mol. The summed E-state index contributed by atoms with van der Waals surface area (Å²) < 4.78 is 1.97. The molecule has 0 radical (unpaired) electrons. The molecule has 2 heterocycles. The number of hydrogen-bond donors (Lipinski definition) is 2. The van der Waals surface area contributed by atoms with Gasteiger partial charge in [0.05, 0.1) is 28.5 Å². The number of fused-ring (bicyclic) bond motifs is 1. The van der Waals surface area contributed by atoms with E-state index in [4.69, 9.17) is 0 Å². The molecule has 0 fully saturated rings. The zero-order valence-corrected chi connectivity index (χ0v) is 14.6. The molecule has 2 N–H and O–H groups in total. The summed E-state index contributed by atoms with van der Waals surface area (Å²) in [5.74, 6) is 0.788. The van der Waals surface area contributed by atoms with Crippen LogP contribution in [0, 0.1) is 13.8 Å². The Bertz CT molecular complexity index is 977. The fourth-order valence-electron chi connectivity index (χ4n) is 3.10. The van der Waals surface area contributed by atoms with E-state index < -0.39 is 0 Å². The zero-order chi connectivity index (χ0) is 17.4. The lowest BCUT2D eigenvalue weighted by atomic mass is 10.1. The molecule has 25 heavy (non-hydrogen) atoms. The van der Waals surface area contributed by atoms with Gasteiger partial charge in [0.2, 0.25) is 5.95 Å². The summed E-state index contributed by atoms with van der Waals surface area (Å²) in [4.78, 5) is 7.88. The average Bonchev–Trinajstić information content (AvgIpc) is 3.16. The minimum absolute atomic E-state index is 0.148. The number of nitrogens with zero attached hydrogens (tertiary/aromatic N) is 3. The molecule has 0 aliphatic carbocycles. The van der Waals surface area contributed by atoms with Gasteiger partial charge in [0, 0.05) is 5.69 Å². The molecule has 2 aromatic carbocycles. The van der Waals surface area contributed by atoms with Crippen LogP contribution >= 0.6 is 0 Å². The van der Waals surface area contributed by atoms with Gasteiger partial charge in [-0.2, -0.15) is 5.10 Å². The van der Waals surface area contributed by atoms with Crippen molar-refractivity contribution >= 4 is 17.0 Å². The molecule has 5 heteroatoms. The Hall–Kier alpha value is -3.08. The maximum atomic E-state index is 4.58. The van der Waals surface area contributed by atoms with Crippen LogP contribution in [0.2, 0.25) is 0 Å². The van der Waals surface area contributed by atoms with Crippen LogP contribution in [-0.2, 0) is 0 Å². The van der Waals surface area contributed by atoms with E-state index >= 15 is 0 Å². The third-order valence-corrected chi connectivity index (χ3v) is 4.39. The van der Waals surface area contributed by atoms with Crippen LogP contribution < -0.4 is 5.32 Å². The molecule has 1 unspecified atom stereocenters. The SMILES string of the molecule is Cc1cc(C)n(-c2ccc(C(C)Nc3nc4ccccc4[nH]3)cc2)n1. The fourth-order valence-corrected chi connectivity index (χ4v) is 3.10. The van der Waals surface area contributed by atoms with Gasteiger partial charge in [-0.1, -0.05) is 24.3 Å². The van der Waals surface area contributed by atoms with Gasteiger partial charge in [-0.15, -0.1) is 0 Å². The molecule has 5 nitrogen and oxygen atoms in total. The molecule has 2 aromatic heterocycles. The van der Waals surface area contributed by atoms with Crippen molar-refractivity contribution in [1.29, 1.82) is 0 Å². The average molecular weight is 331 g/mol. The largest absolute Gasteiger partial charge is 0.349 e. The van der Waals surface area contributed by atoms with E-state index in [1.165, 1.54) is 5.56 Å². The van der Waals surface area contributed by atoms with E-state index in [0.29, 0.717) is 0 Å². The first-order valence-electron chi connectivity index (χ1n) is 8.45. The summed E-state index contributed by atoms with van der Waals surface area (Å²) in [7, 11) is 0. The standard InChI is InChI=1S/C20H21N5/c1-13-12-14(2)25(24-13)17-10-8-16(9-11-17)15(3)21-20-22-18-6-4-5-7-19(18)23-20/h4-12,15H,1-3H3,(H2,21,22,23). The molecule has 0 amide bonds. The number of benzene rings is 2. The molecule has 4 rings (SSSR count). The summed E-state index contributed by atoms with van der Waals surface area (Å²) >= 11 is 0. The highest BCUT2D eigenvalue weighted by Gasteiger charge is 2.10. The maximum absolute atomic E-state index is 4.58. The van der Waals surface area contributed by atoms with E-state index in [0.717, 1.165) is 34.1 Å². The Kier molecular flexibility index (Phi) is 3.76. The van der Waals surface area contributed by atoms with Gasteiger partial charge < -0.3 is 10.3 Å². The van der Waals surface area contributed by atoms with Crippen LogP contribution in [-0.4, -0.2) is 19.7 Å². The van der Waals surface area contributed by atoms with Crippen molar-refractivity contribution in [2.45, 2.75) is 26.8 Å². The van der Waals surface area contributed by atoms with Crippen molar-refractivity contribution in [2.24, 2.45) is 0 Å². The summed E-state index contributed by atoms with van der Waals surface area (Å²) in [6, 6.07) is 18.7. The fraction of sp³-hybridized carbons (Fsp3) is 0.200. The topological polar surface area (TPSA) is 58.5 Å². The van der Waals surface area contributed by atoms with Crippen molar-refractivity contribution in [3.8, 4) is 5.69 Å². The monoisotopic (exact) mass is 331 g/mol. The number of imidazole rings is 1. The van der Waals surface area contributed by atoms with Gasteiger partial charge in [0.15, 0.2) is 0 Å². The Morgan fingerprint density at radius 1 is 1.04 bits per heavy atom. The van der Waals surface area contributed by atoms with E-state index in [-0.39, 0.29) is 6.04 Å². The van der Waals surface area contributed by atoms with Crippen LogP contribution in [0.25, 0.3) is 16.7 Å². The number of hydrogen-bond acceptors (Lipinski definition) is 3. The lowest BCUT2D eigenvalue weighted by Crippen LogP contribution is -2.08. The maximum Gasteiger partial charge on any atom is 0.201 e. The molecule has 4 aromatic rings. The summed E-state index contributed by atoms with van der Waals surface area (Å²) in [6.07, 6.45) is 0. The molecular weight excluding hydrogens is 310 g/mol. The van der Waals surface area contributed by atoms with Crippen molar-refractivity contribution in [3.63, 3.8) is 0 Å². The first-order chi connectivity index (χ1) is 12.1. The Balaban J connectivity index is 1.54. The van der Waals surface area contributed by atoms with E-state index in [1.54, 1.807) is 0 Å². The van der Waals surface area contributed by atoms with Crippen molar-refractivity contribution in [3.05, 3.63) is 71.5 Å². The zero-order valence-electron chi connectivity index (χ0n) is 14.6. The first kappa shape index (κ1) is 15.4. The molecule has 0 saturated heterocycles. The second kappa shape index (κ2) is 6.09. The van der Waals surface area contributed by atoms with Crippen LogP contribution in [0.3, 0.4) is 0 Å². The number of para-hydroxylation sites is 2. The number of H-pyrrole nitrogens is 1. The van der Waals surface area contributed by atoms with Crippen LogP contribution in [0.4, 0.5) is 5.95 Å². The number of rotatable bonds is 4. The molecule has 0 aliphatic rings. The van der Waals surface area contributed by atoms with Gasteiger partial charge in [-0.3, -0.25) is 0 Å². The van der Waals surface area contributed by atoms with Gasteiger partial charge in [0.25, 0.3) is 0 Å². The first-order valence-corrected chi connectivity index (χ1v) is 8.45. The highest BCUT2D eigenvalue weighted by atomic mass is 15.3. The summed E-state index contributed by atoms with van der Waals surface area (Å²) in [6.45, 7) is 6.21. The highest BCUT2D eigenvalue weighted by molar-refractivity contribution is 5.77. The Morgan fingerprint density at radius 3 is 2.48 bits per heavy atom. The second-order valence-corrected chi connectivity index (χ2v) is 6.40. The Labute approximate surface area is 146 Å². The van der Waals surface area contributed by atoms with Crippen LogP contribution in [0.1, 0.15) is 29.9 Å². The molecule has 1 atom stereocenters. The van der Waals surface area contributed by atoms with Crippen molar-refractivity contribution in [2.75, 3.05) is 5.32 Å². The van der Waals surface area contributed by atoms with Crippen LogP contribution in [0.5, 0.6) is 0 Å². The second-order valence-electron chi connectivity index (χ2n) is 6.40. The summed E-state index contributed by atoms with van der Waals surface area (Å²) in [5.41, 5.74) is 6.45. The van der Waals surface area contributed by atoms with E-state index in [9.17, 15) is 0 Å². The van der Waals surface area contributed by atoms with Crippen molar-refractivity contribution < 1.29 is 0 Å². The summed E-state index contributed by atoms with van der Waals surface area (Å²) in [5, 5.41) is 7.97. The van der Waals surface area contributed by atoms with Gasteiger partial charge >= 0.3 is 0 Å². The minimum Gasteiger partial charge on any atom is -0.349 e. The molecule has 0 saturated carbocycles. The third-order valence-electron chi connectivity index (χ3n) is 4.39. The number of nitrogens with one attached hydrogen (secondary N) is 2. The van der Waals surface area contributed by atoms with Gasteiger partial charge in [-0.05, 0) is 56.7 Å². The normalized spacial score (nSPS) is 12.4. The third kappa shape index (κ3) is 3.01. The molecule has 0 spiro atoms. The number of aromatic amines is 1. The van der Waals surface area contributed by atoms with Crippen LogP contribution in [0.15, 0.2) is 54.6 Å². The molecule has 0 bridgehead atoms. The molecular formula is C20H21N5. The lowest BCUT2D eigenvalue weighted by molar-refractivity contribution is 0.827. The number of anilines is 1. The van der Waals surface area contributed by atoms with Gasteiger partial charge in [0.1, 0.15) is 0 Å². The van der Waals surface area contributed by atoms with Gasteiger partial charge in [-0.25, -0.2) is 9.67 Å². The number of aryl methyl sites for hydroxylation is 2. The highest BCUT2D eigenvalue weighted by Crippen LogP contribution is 2.21. The Morgan fingerprint density at radius 2 is 1.80 bits per heavy atom. The van der Waals surface area contributed by atoms with E-state index in [1.807, 2.05) is 35.9 Å². The minimum atomic E-state index is 0.148. The van der Waals surface area contributed by atoms with Crippen molar-refractivity contribution in [1.82, 2.24) is 19.7 Å².